The van der Waals surface area contributed by atoms with Crippen LogP contribution in [0.5, 0.6) is 0 Å². The van der Waals surface area contributed by atoms with Crippen molar-refractivity contribution in [2.24, 2.45) is 40.4 Å². The van der Waals surface area contributed by atoms with Crippen molar-refractivity contribution in [1.29, 1.82) is 0 Å². The molecule has 0 spiro atoms. The van der Waals surface area contributed by atoms with Crippen molar-refractivity contribution in [3.8, 4) is 0 Å². The van der Waals surface area contributed by atoms with E-state index in [1.54, 1.807) is 12.4 Å². The Morgan fingerprint density at radius 2 is 1.77 bits per heavy atom. The van der Waals surface area contributed by atoms with E-state index in [-0.39, 0.29) is 17.4 Å². The zero-order valence-electron chi connectivity index (χ0n) is 18.8. The van der Waals surface area contributed by atoms with Gasteiger partial charge in [-0.05, 0) is 111 Å². The van der Waals surface area contributed by atoms with Gasteiger partial charge in [0.1, 0.15) is 0 Å². The lowest BCUT2D eigenvalue weighted by atomic mass is 9.44. The Hall–Kier alpha value is -0.640. The van der Waals surface area contributed by atoms with Crippen LogP contribution in [0.3, 0.4) is 0 Å². The predicted octanol–water partition coefficient (Wildman–Crippen LogP) is 5.96. The molecule has 5 unspecified atom stereocenters. The number of aliphatic hydroxyl groups is 2. The number of hydrogen-bond acceptors (Lipinski definition) is 3. The van der Waals surface area contributed by atoms with E-state index in [4.69, 9.17) is 11.6 Å². The van der Waals surface area contributed by atoms with Crippen LogP contribution in [0.15, 0.2) is 18.5 Å². The molecule has 3 nitrogen and oxygen atoms in total. The van der Waals surface area contributed by atoms with Crippen molar-refractivity contribution < 1.29 is 10.2 Å². The highest BCUT2D eigenvalue weighted by molar-refractivity contribution is 6.31. The molecule has 0 radical (unpaired) electrons. The molecule has 1 aromatic heterocycles. The molecule has 0 aromatic carbocycles. The summed E-state index contributed by atoms with van der Waals surface area (Å²) in [6.45, 7) is 7.00. The number of pyridine rings is 1. The molecule has 0 amide bonds. The summed E-state index contributed by atoms with van der Waals surface area (Å²) >= 11 is 6.48. The molecule has 4 heteroatoms. The first-order chi connectivity index (χ1) is 14.2. The van der Waals surface area contributed by atoms with Gasteiger partial charge in [-0.25, -0.2) is 0 Å². The van der Waals surface area contributed by atoms with E-state index in [2.05, 4.69) is 18.8 Å². The third-order valence-electron chi connectivity index (χ3n) is 10.6. The Morgan fingerprint density at radius 1 is 1.03 bits per heavy atom. The van der Waals surface area contributed by atoms with E-state index >= 15 is 0 Å². The third kappa shape index (κ3) is 2.94. The lowest BCUT2D eigenvalue weighted by Crippen LogP contribution is -2.55. The first kappa shape index (κ1) is 21.2. The lowest BCUT2D eigenvalue weighted by Gasteiger charge is -2.61. The second-order valence-corrected chi connectivity index (χ2v) is 12.2. The van der Waals surface area contributed by atoms with E-state index in [9.17, 15) is 10.2 Å². The Morgan fingerprint density at radius 3 is 2.53 bits per heavy atom. The molecule has 9 atom stereocenters. The van der Waals surface area contributed by atoms with Crippen LogP contribution in [0.25, 0.3) is 0 Å². The standard InChI is InChI=1S/C26H38ClNO2/c1-24-11-8-17(29)14-16(24)4-5-18-19-6-7-23(25(19,2)12-9-20(18)24)26(3,30)21-10-13-28-15-22(21)27/h10,13,15-20,23,29-30H,4-9,11-12,14H2,1-3H3/t16?,17-,18?,19?,20?,23-,24-,25-,26?/m0/s1. The lowest BCUT2D eigenvalue weighted by molar-refractivity contribution is -0.145. The molecule has 0 aliphatic heterocycles. The van der Waals surface area contributed by atoms with E-state index in [0.717, 1.165) is 36.7 Å². The van der Waals surface area contributed by atoms with Gasteiger partial charge in [-0.3, -0.25) is 4.98 Å². The number of fused-ring (bicyclic) bond motifs is 5. The maximum atomic E-state index is 11.8. The smallest absolute Gasteiger partial charge is 0.0917 e. The van der Waals surface area contributed by atoms with Crippen LogP contribution in [-0.4, -0.2) is 21.3 Å². The highest BCUT2D eigenvalue weighted by Crippen LogP contribution is 2.69. The average molecular weight is 432 g/mol. The molecule has 166 valence electrons. The summed E-state index contributed by atoms with van der Waals surface area (Å²) < 4.78 is 0. The molecule has 4 aliphatic carbocycles. The normalized spacial score (nSPS) is 47.7. The average Bonchev–Trinajstić information content (AvgIpc) is 3.07. The number of aromatic nitrogens is 1. The van der Waals surface area contributed by atoms with E-state index < -0.39 is 5.60 Å². The van der Waals surface area contributed by atoms with Gasteiger partial charge in [-0.2, -0.15) is 0 Å². The zero-order chi connectivity index (χ0) is 21.3. The topological polar surface area (TPSA) is 53.4 Å². The van der Waals surface area contributed by atoms with Crippen LogP contribution in [0.4, 0.5) is 0 Å². The summed E-state index contributed by atoms with van der Waals surface area (Å²) in [4.78, 5) is 4.13. The van der Waals surface area contributed by atoms with Crippen molar-refractivity contribution in [1.82, 2.24) is 4.98 Å². The van der Waals surface area contributed by atoms with Crippen LogP contribution < -0.4 is 0 Å². The molecular formula is C26H38ClNO2. The van der Waals surface area contributed by atoms with Crippen LogP contribution in [-0.2, 0) is 5.60 Å². The highest BCUT2D eigenvalue weighted by atomic mass is 35.5. The summed E-state index contributed by atoms with van der Waals surface area (Å²) in [7, 11) is 0. The fourth-order valence-corrected chi connectivity index (χ4v) is 9.44. The quantitative estimate of drug-likeness (QED) is 0.607. The van der Waals surface area contributed by atoms with Crippen molar-refractivity contribution in [3.63, 3.8) is 0 Å². The van der Waals surface area contributed by atoms with E-state index in [1.165, 1.54) is 38.5 Å². The minimum atomic E-state index is -0.924. The van der Waals surface area contributed by atoms with Gasteiger partial charge in [-0.1, -0.05) is 25.4 Å². The first-order valence-corrected chi connectivity index (χ1v) is 12.6. The van der Waals surface area contributed by atoms with Crippen molar-refractivity contribution in [3.05, 3.63) is 29.0 Å². The summed E-state index contributed by atoms with van der Waals surface area (Å²) in [5, 5.41) is 22.6. The van der Waals surface area contributed by atoms with Gasteiger partial charge in [0, 0.05) is 18.0 Å². The zero-order valence-corrected chi connectivity index (χ0v) is 19.5. The Balaban J connectivity index is 1.44. The van der Waals surface area contributed by atoms with Gasteiger partial charge in [-0.15, -0.1) is 0 Å². The second-order valence-electron chi connectivity index (χ2n) is 11.8. The minimum absolute atomic E-state index is 0.0791. The van der Waals surface area contributed by atoms with Crippen LogP contribution in [0.1, 0.15) is 84.1 Å². The predicted molar refractivity (Wildman–Crippen MR) is 120 cm³/mol. The van der Waals surface area contributed by atoms with Crippen LogP contribution in [0.2, 0.25) is 5.02 Å². The number of aliphatic hydroxyl groups excluding tert-OH is 1. The Bertz CT molecular complexity index is 812. The molecule has 2 N–H and O–H groups in total. The van der Waals surface area contributed by atoms with Crippen molar-refractivity contribution in [2.45, 2.75) is 90.3 Å². The van der Waals surface area contributed by atoms with Crippen molar-refractivity contribution >= 4 is 11.6 Å². The number of nitrogens with zero attached hydrogens (tertiary/aromatic N) is 1. The summed E-state index contributed by atoms with van der Waals surface area (Å²) in [5.74, 6) is 3.18. The molecule has 1 aromatic rings. The molecule has 30 heavy (non-hydrogen) atoms. The number of hydrogen-bond donors (Lipinski definition) is 2. The maximum Gasteiger partial charge on any atom is 0.0917 e. The minimum Gasteiger partial charge on any atom is -0.393 e. The monoisotopic (exact) mass is 431 g/mol. The SMILES string of the molecule is CC(O)(c1ccncc1Cl)[C@H]1CCC2C3CCC4C[C@@H](O)CC[C@]4(C)C3CC[C@@]21C. The number of halogens is 1. The van der Waals surface area contributed by atoms with E-state index in [1.807, 2.05) is 13.0 Å². The van der Waals surface area contributed by atoms with Crippen LogP contribution in [0, 0.1) is 40.4 Å². The molecule has 4 saturated carbocycles. The second kappa shape index (κ2) is 7.18. The van der Waals surface area contributed by atoms with Crippen molar-refractivity contribution in [2.75, 3.05) is 0 Å². The fourth-order valence-electron chi connectivity index (χ4n) is 9.13. The van der Waals surface area contributed by atoms with Gasteiger partial charge in [0.15, 0.2) is 0 Å². The van der Waals surface area contributed by atoms with Crippen LogP contribution >= 0.6 is 11.6 Å². The largest absolute Gasteiger partial charge is 0.393 e. The molecular weight excluding hydrogens is 394 g/mol. The Kier molecular flexibility index (Phi) is 5.08. The number of rotatable bonds is 2. The summed E-state index contributed by atoms with van der Waals surface area (Å²) in [6, 6.07) is 1.91. The van der Waals surface area contributed by atoms with E-state index in [0.29, 0.717) is 22.3 Å². The molecule has 1 heterocycles. The highest BCUT2D eigenvalue weighted by Gasteiger charge is 2.62. The van der Waals surface area contributed by atoms with Gasteiger partial charge < -0.3 is 10.2 Å². The van der Waals surface area contributed by atoms with Gasteiger partial charge >= 0.3 is 0 Å². The molecule has 0 saturated heterocycles. The molecule has 5 rings (SSSR count). The molecule has 4 fully saturated rings. The molecule has 4 aliphatic rings. The Labute approximate surface area is 186 Å². The first-order valence-electron chi connectivity index (χ1n) is 12.2. The third-order valence-corrected chi connectivity index (χ3v) is 10.9. The summed E-state index contributed by atoms with van der Waals surface area (Å²) in [6.07, 6.45) is 13.9. The maximum absolute atomic E-state index is 11.8. The van der Waals surface area contributed by atoms with Gasteiger partial charge in [0.25, 0.3) is 0 Å². The van der Waals surface area contributed by atoms with Gasteiger partial charge in [0.05, 0.1) is 16.7 Å². The molecule has 0 bridgehead atoms. The summed E-state index contributed by atoms with van der Waals surface area (Å²) in [5.41, 5.74) is 0.476. The fraction of sp³-hybridized carbons (Fsp3) is 0.808. The van der Waals surface area contributed by atoms with Gasteiger partial charge in [0.2, 0.25) is 0 Å².